The molecule has 1 aliphatic rings. The first-order valence-corrected chi connectivity index (χ1v) is 4.61. The molecule has 0 aliphatic carbocycles. The molecular formula is C8H16O7. The SMILES string of the molecule is OC[C@@H](O)[C@H]1OCO[C@H]([C@H](O)CO)C1O. The Morgan fingerprint density at radius 2 is 1.40 bits per heavy atom. The van der Waals surface area contributed by atoms with Crippen molar-refractivity contribution in [2.45, 2.75) is 30.5 Å². The van der Waals surface area contributed by atoms with Crippen LogP contribution in [0.5, 0.6) is 0 Å². The van der Waals surface area contributed by atoms with Crippen molar-refractivity contribution < 1.29 is 35.0 Å². The van der Waals surface area contributed by atoms with Crippen LogP contribution in [0.2, 0.25) is 0 Å². The molecule has 0 saturated carbocycles. The monoisotopic (exact) mass is 224 g/mol. The Bertz CT molecular complexity index is 170. The average Bonchev–Trinajstić information content (AvgIpc) is 2.27. The molecule has 0 radical (unpaired) electrons. The van der Waals surface area contributed by atoms with Crippen LogP contribution in [-0.2, 0) is 9.47 Å². The fraction of sp³-hybridized carbons (Fsp3) is 1.00. The topological polar surface area (TPSA) is 120 Å². The van der Waals surface area contributed by atoms with Crippen molar-refractivity contribution in [3.63, 3.8) is 0 Å². The Balaban J connectivity index is 2.62. The molecule has 0 aromatic heterocycles. The number of aliphatic hydroxyl groups is 5. The molecular weight excluding hydrogens is 208 g/mol. The minimum Gasteiger partial charge on any atom is -0.394 e. The summed E-state index contributed by atoms with van der Waals surface area (Å²) in [7, 11) is 0. The van der Waals surface area contributed by atoms with Crippen LogP contribution in [0.4, 0.5) is 0 Å². The molecule has 0 spiro atoms. The van der Waals surface area contributed by atoms with Crippen molar-refractivity contribution >= 4 is 0 Å². The molecule has 90 valence electrons. The van der Waals surface area contributed by atoms with Gasteiger partial charge in [0.15, 0.2) is 0 Å². The summed E-state index contributed by atoms with van der Waals surface area (Å²) in [6.07, 6.45) is -5.87. The first-order valence-electron chi connectivity index (χ1n) is 4.61. The molecule has 7 nitrogen and oxygen atoms in total. The van der Waals surface area contributed by atoms with Gasteiger partial charge in [-0.15, -0.1) is 0 Å². The molecule has 0 aromatic carbocycles. The highest BCUT2D eigenvalue weighted by atomic mass is 16.7. The number of hydrogen-bond donors (Lipinski definition) is 5. The summed E-state index contributed by atoms with van der Waals surface area (Å²) in [5.41, 5.74) is 0. The zero-order valence-electron chi connectivity index (χ0n) is 8.06. The fourth-order valence-corrected chi connectivity index (χ4v) is 1.47. The summed E-state index contributed by atoms with van der Waals surface area (Å²) in [4.78, 5) is 0. The molecule has 0 bridgehead atoms. The Hall–Kier alpha value is -0.280. The lowest BCUT2D eigenvalue weighted by atomic mass is 9.98. The van der Waals surface area contributed by atoms with Gasteiger partial charge in [-0.1, -0.05) is 0 Å². The van der Waals surface area contributed by atoms with Crippen LogP contribution in [-0.4, -0.2) is 76.1 Å². The van der Waals surface area contributed by atoms with Gasteiger partial charge >= 0.3 is 0 Å². The van der Waals surface area contributed by atoms with Crippen LogP contribution in [0.15, 0.2) is 0 Å². The van der Waals surface area contributed by atoms with E-state index in [9.17, 15) is 15.3 Å². The molecule has 7 heteroatoms. The minimum atomic E-state index is -1.30. The highest BCUT2D eigenvalue weighted by Gasteiger charge is 2.40. The molecule has 1 rings (SSSR count). The number of ether oxygens (including phenoxy) is 2. The summed E-state index contributed by atoms with van der Waals surface area (Å²) in [6, 6.07) is 0. The van der Waals surface area contributed by atoms with E-state index in [1.165, 1.54) is 0 Å². The molecule has 15 heavy (non-hydrogen) atoms. The molecule has 5 N–H and O–H groups in total. The average molecular weight is 224 g/mol. The third kappa shape index (κ3) is 2.85. The van der Waals surface area contributed by atoms with Gasteiger partial charge in [0.05, 0.1) is 13.2 Å². The third-order valence-electron chi connectivity index (χ3n) is 2.33. The van der Waals surface area contributed by atoms with Gasteiger partial charge in [0.2, 0.25) is 0 Å². The molecule has 1 aliphatic heterocycles. The van der Waals surface area contributed by atoms with Crippen LogP contribution in [0.1, 0.15) is 0 Å². The van der Waals surface area contributed by atoms with Crippen molar-refractivity contribution in [2.75, 3.05) is 20.0 Å². The van der Waals surface area contributed by atoms with Crippen LogP contribution in [0, 0.1) is 0 Å². The van der Waals surface area contributed by atoms with Crippen LogP contribution in [0.25, 0.3) is 0 Å². The normalized spacial score (nSPS) is 32.6. The second kappa shape index (κ2) is 5.71. The van der Waals surface area contributed by atoms with E-state index in [4.69, 9.17) is 19.7 Å². The van der Waals surface area contributed by atoms with Crippen LogP contribution < -0.4 is 0 Å². The van der Waals surface area contributed by atoms with Crippen molar-refractivity contribution in [1.29, 1.82) is 0 Å². The largest absolute Gasteiger partial charge is 0.394 e. The Kier molecular flexibility index (Phi) is 4.87. The van der Waals surface area contributed by atoms with E-state index in [-0.39, 0.29) is 6.79 Å². The Morgan fingerprint density at radius 3 is 1.73 bits per heavy atom. The Morgan fingerprint density at radius 1 is 1.00 bits per heavy atom. The van der Waals surface area contributed by atoms with Gasteiger partial charge in [-0.25, -0.2) is 0 Å². The van der Waals surface area contributed by atoms with Crippen LogP contribution >= 0.6 is 0 Å². The van der Waals surface area contributed by atoms with E-state index in [0.29, 0.717) is 0 Å². The zero-order valence-corrected chi connectivity index (χ0v) is 8.06. The van der Waals surface area contributed by atoms with Gasteiger partial charge in [-0.2, -0.15) is 0 Å². The number of hydrogen-bond acceptors (Lipinski definition) is 7. The molecule has 4 atom stereocenters. The van der Waals surface area contributed by atoms with Gasteiger partial charge in [0.1, 0.15) is 37.3 Å². The standard InChI is InChI=1S/C8H16O7/c9-1-4(11)7-6(13)8(5(12)2-10)15-3-14-7/h4-13H,1-3H2/t4-,5-,7-,8-/m1/s1. The predicted molar refractivity (Wildman–Crippen MR) is 46.8 cm³/mol. The summed E-state index contributed by atoms with van der Waals surface area (Å²) >= 11 is 0. The minimum absolute atomic E-state index is 0.222. The van der Waals surface area contributed by atoms with Crippen molar-refractivity contribution in [2.24, 2.45) is 0 Å². The second-order valence-corrected chi connectivity index (χ2v) is 3.37. The van der Waals surface area contributed by atoms with E-state index in [1.54, 1.807) is 0 Å². The van der Waals surface area contributed by atoms with Gasteiger partial charge < -0.3 is 35.0 Å². The smallest absolute Gasteiger partial charge is 0.148 e. The van der Waals surface area contributed by atoms with Crippen molar-refractivity contribution in [3.8, 4) is 0 Å². The van der Waals surface area contributed by atoms with Crippen LogP contribution in [0.3, 0.4) is 0 Å². The first-order chi connectivity index (χ1) is 7.11. The van der Waals surface area contributed by atoms with E-state index in [2.05, 4.69) is 0 Å². The quantitative estimate of drug-likeness (QED) is 0.341. The van der Waals surface area contributed by atoms with E-state index < -0.39 is 43.7 Å². The maximum Gasteiger partial charge on any atom is 0.148 e. The third-order valence-corrected chi connectivity index (χ3v) is 2.33. The molecule has 0 aromatic rings. The van der Waals surface area contributed by atoms with E-state index in [0.717, 1.165) is 0 Å². The summed E-state index contributed by atoms with van der Waals surface area (Å²) in [5, 5.41) is 45.6. The van der Waals surface area contributed by atoms with Gasteiger partial charge in [-0.05, 0) is 0 Å². The predicted octanol–water partition coefficient (Wildman–Crippen LogP) is -3.20. The highest BCUT2D eigenvalue weighted by Crippen LogP contribution is 2.19. The number of aliphatic hydroxyl groups excluding tert-OH is 5. The van der Waals surface area contributed by atoms with Gasteiger partial charge in [0, 0.05) is 0 Å². The van der Waals surface area contributed by atoms with E-state index in [1.807, 2.05) is 0 Å². The molecule has 0 amide bonds. The lowest BCUT2D eigenvalue weighted by Gasteiger charge is -2.38. The van der Waals surface area contributed by atoms with Gasteiger partial charge in [-0.3, -0.25) is 0 Å². The van der Waals surface area contributed by atoms with Crippen molar-refractivity contribution in [3.05, 3.63) is 0 Å². The summed E-state index contributed by atoms with van der Waals surface area (Å²) in [5.74, 6) is 0. The highest BCUT2D eigenvalue weighted by molar-refractivity contribution is 4.88. The second-order valence-electron chi connectivity index (χ2n) is 3.37. The summed E-state index contributed by atoms with van der Waals surface area (Å²) < 4.78 is 9.79. The van der Waals surface area contributed by atoms with Crippen molar-refractivity contribution in [1.82, 2.24) is 0 Å². The fourth-order valence-electron chi connectivity index (χ4n) is 1.47. The molecule has 0 unspecified atom stereocenters. The molecule has 1 heterocycles. The summed E-state index contributed by atoms with van der Waals surface area (Å²) in [6.45, 7) is -1.35. The number of rotatable bonds is 4. The van der Waals surface area contributed by atoms with Gasteiger partial charge in [0.25, 0.3) is 0 Å². The maximum atomic E-state index is 9.64. The maximum absolute atomic E-state index is 9.64. The Labute approximate surface area is 86.5 Å². The zero-order chi connectivity index (χ0) is 11.4. The first kappa shape index (κ1) is 12.8. The molecule has 1 saturated heterocycles. The van der Waals surface area contributed by atoms with E-state index >= 15 is 0 Å². The lowest BCUT2D eigenvalue weighted by molar-refractivity contribution is -0.273. The molecule has 1 fully saturated rings. The lowest BCUT2D eigenvalue weighted by Crippen LogP contribution is -2.56.